The third-order valence-corrected chi connectivity index (χ3v) is 6.36. The summed E-state index contributed by atoms with van der Waals surface area (Å²) in [6, 6.07) is 12.6. The maximum Gasteiger partial charge on any atom is 0.573 e. The van der Waals surface area contributed by atoms with Crippen molar-refractivity contribution in [2.45, 2.75) is 11.3 Å². The number of ether oxygens (including phenoxy) is 1. The molecule has 4 rings (SSSR count). The highest BCUT2D eigenvalue weighted by Crippen LogP contribution is 2.28. The van der Waals surface area contributed by atoms with E-state index in [1.54, 1.807) is 18.2 Å². The first-order valence-electron chi connectivity index (χ1n) is 8.57. The Morgan fingerprint density at radius 3 is 2.48 bits per heavy atom. The van der Waals surface area contributed by atoms with Crippen molar-refractivity contribution < 1.29 is 26.3 Å². The zero-order valence-electron chi connectivity index (χ0n) is 15.3. The molecule has 160 valence electrons. The molecule has 0 saturated heterocycles. The molecule has 7 nitrogen and oxygen atoms in total. The molecule has 0 aliphatic heterocycles. The van der Waals surface area contributed by atoms with Gasteiger partial charge in [-0.3, -0.25) is 9.52 Å². The van der Waals surface area contributed by atoms with Gasteiger partial charge in [0.1, 0.15) is 5.75 Å². The van der Waals surface area contributed by atoms with Gasteiger partial charge in [-0.25, -0.2) is 13.4 Å². The number of para-hydroxylation sites is 1. The maximum absolute atomic E-state index is 12.5. The predicted molar refractivity (Wildman–Crippen MR) is 110 cm³/mol. The molecule has 2 N–H and O–H groups in total. The van der Waals surface area contributed by atoms with Crippen molar-refractivity contribution in [2.24, 2.45) is 0 Å². The van der Waals surface area contributed by atoms with E-state index in [0.29, 0.717) is 5.52 Å². The molecular weight excluding hydrogens is 455 g/mol. The summed E-state index contributed by atoms with van der Waals surface area (Å²) in [5.41, 5.74) is 0.835. The molecule has 31 heavy (non-hydrogen) atoms. The molecular formula is C19H12F3N3O4S2. The Balaban J connectivity index is 1.57. The number of aromatic amines is 1. The van der Waals surface area contributed by atoms with Gasteiger partial charge in [-0.2, -0.15) is 0 Å². The molecule has 0 fully saturated rings. The molecule has 0 radical (unpaired) electrons. The summed E-state index contributed by atoms with van der Waals surface area (Å²) in [7, 11) is -4.11. The number of hydrogen-bond acceptors (Lipinski definition) is 6. The van der Waals surface area contributed by atoms with Crippen LogP contribution in [0.3, 0.4) is 0 Å². The van der Waals surface area contributed by atoms with Crippen molar-refractivity contribution in [1.29, 1.82) is 0 Å². The number of alkyl halides is 3. The molecule has 0 unspecified atom stereocenters. The molecule has 2 aromatic heterocycles. The van der Waals surface area contributed by atoms with Crippen molar-refractivity contribution in [1.82, 2.24) is 9.97 Å². The number of hydrogen-bond donors (Lipinski definition) is 2. The zero-order valence-corrected chi connectivity index (χ0v) is 16.9. The molecule has 0 aliphatic carbocycles. The summed E-state index contributed by atoms with van der Waals surface area (Å²) in [5, 5.41) is 2.31. The van der Waals surface area contributed by atoms with Gasteiger partial charge in [0.05, 0.1) is 16.2 Å². The second-order valence-electron chi connectivity index (χ2n) is 6.26. The van der Waals surface area contributed by atoms with Gasteiger partial charge in [0.25, 0.3) is 15.6 Å². The number of sulfonamides is 1. The van der Waals surface area contributed by atoms with Crippen molar-refractivity contribution in [3.05, 3.63) is 70.3 Å². The lowest BCUT2D eigenvalue weighted by Crippen LogP contribution is -2.17. The zero-order chi connectivity index (χ0) is 22.2. The van der Waals surface area contributed by atoms with Gasteiger partial charge in [-0.05, 0) is 41.8 Å². The number of aromatic nitrogens is 2. The summed E-state index contributed by atoms with van der Waals surface area (Å²) >= 11 is 0.963. The molecule has 0 saturated carbocycles. The first-order valence-corrected chi connectivity index (χ1v) is 10.9. The fourth-order valence-corrected chi connectivity index (χ4v) is 4.74. The SMILES string of the molecule is O=c1[nH]c2ccccc2cc1-c1csc(NS(=O)(=O)c2ccc(OC(F)(F)F)cc2)n1. The van der Waals surface area contributed by atoms with E-state index in [4.69, 9.17) is 0 Å². The summed E-state index contributed by atoms with van der Waals surface area (Å²) in [4.78, 5) is 19.0. The quantitative estimate of drug-likeness (QED) is 0.455. The van der Waals surface area contributed by atoms with E-state index < -0.39 is 22.1 Å². The van der Waals surface area contributed by atoms with E-state index in [1.165, 1.54) is 5.38 Å². The second kappa shape index (κ2) is 7.71. The van der Waals surface area contributed by atoms with Crippen LogP contribution in [-0.4, -0.2) is 24.7 Å². The highest BCUT2D eigenvalue weighted by atomic mass is 32.2. The van der Waals surface area contributed by atoms with E-state index >= 15 is 0 Å². The van der Waals surface area contributed by atoms with Crippen LogP contribution in [0, 0.1) is 0 Å². The molecule has 4 aromatic rings. The van der Waals surface area contributed by atoms with Crippen molar-refractivity contribution >= 4 is 37.4 Å². The first kappa shape index (κ1) is 20.9. The fraction of sp³-hybridized carbons (Fsp3) is 0.0526. The predicted octanol–water partition coefficient (Wildman–Crippen LogP) is 4.35. The molecule has 0 amide bonds. The Bertz CT molecular complexity index is 1410. The average Bonchev–Trinajstić information content (AvgIpc) is 3.14. The van der Waals surface area contributed by atoms with Crippen LogP contribution in [0.1, 0.15) is 0 Å². The summed E-state index contributed by atoms with van der Waals surface area (Å²) in [6.07, 6.45) is -4.88. The Labute approximate surface area is 177 Å². The minimum Gasteiger partial charge on any atom is -0.406 e. The van der Waals surface area contributed by atoms with Gasteiger partial charge in [0.2, 0.25) is 0 Å². The highest BCUT2D eigenvalue weighted by molar-refractivity contribution is 7.93. The lowest BCUT2D eigenvalue weighted by atomic mass is 10.1. The van der Waals surface area contributed by atoms with Crippen molar-refractivity contribution in [3.63, 3.8) is 0 Å². The van der Waals surface area contributed by atoms with Gasteiger partial charge in [-0.1, -0.05) is 18.2 Å². The molecule has 0 aliphatic rings. The van der Waals surface area contributed by atoms with Gasteiger partial charge < -0.3 is 9.72 Å². The number of H-pyrrole nitrogens is 1. The third kappa shape index (κ3) is 4.70. The highest BCUT2D eigenvalue weighted by Gasteiger charge is 2.31. The maximum atomic E-state index is 12.5. The number of anilines is 1. The molecule has 0 bridgehead atoms. The van der Waals surface area contributed by atoms with E-state index in [-0.39, 0.29) is 26.8 Å². The first-order chi connectivity index (χ1) is 14.6. The van der Waals surface area contributed by atoms with E-state index in [9.17, 15) is 26.4 Å². The van der Waals surface area contributed by atoms with E-state index in [0.717, 1.165) is 41.0 Å². The number of pyridine rings is 1. The molecule has 0 atom stereocenters. The van der Waals surface area contributed by atoms with Crippen LogP contribution in [0.4, 0.5) is 18.3 Å². The number of thiazole rings is 1. The Kier molecular flexibility index (Phi) is 5.19. The minimum atomic E-state index is -4.88. The number of fused-ring (bicyclic) bond motifs is 1. The lowest BCUT2D eigenvalue weighted by Gasteiger charge is -2.09. The molecule has 12 heteroatoms. The monoisotopic (exact) mass is 467 g/mol. The van der Waals surface area contributed by atoms with Crippen LogP contribution >= 0.6 is 11.3 Å². The third-order valence-electron chi connectivity index (χ3n) is 4.12. The van der Waals surface area contributed by atoms with Gasteiger partial charge in [0.15, 0.2) is 5.13 Å². The molecule has 0 spiro atoms. The van der Waals surface area contributed by atoms with Crippen molar-refractivity contribution in [2.75, 3.05) is 4.72 Å². The Morgan fingerprint density at radius 2 is 1.77 bits per heavy atom. The normalized spacial score (nSPS) is 12.1. The summed E-state index contributed by atoms with van der Waals surface area (Å²) in [6.45, 7) is 0. The van der Waals surface area contributed by atoms with Crippen LogP contribution in [0.15, 0.2) is 69.7 Å². The number of halogens is 3. The topological polar surface area (TPSA) is 101 Å². The largest absolute Gasteiger partial charge is 0.573 e. The average molecular weight is 467 g/mol. The number of nitrogens with one attached hydrogen (secondary N) is 2. The van der Waals surface area contributed by atoms with E-state index in [1.807, 2.05) is 12.1 Å². The van der Waals surface area contributed by atoms with Crippen LogP contribution < -0.4 is 15.0 Å². The lowest BCUT2D eigenvalue weighted by molar-refractivity contribution is -0.274. The van der Waals surface area contributed by atoms with Crippen LogP contribution in [0.25, 0.3) is 22.2 Å². The Hall–Kier alpha value is -3.38. The second-order valence-corrected chi connectivity index (χ2v) is 8.80. The molecule has 2 heterocycles. The van der Waals surface area contributed by atoms with Gasteiger partial charge >= 0.3 is 6.36 Å². The van der Waals surface area contributed by atoms with Gasteiger partial charge in [0, 0.05) is 10.9 Å². The van der Waals surface area contributed by atoms with Crippen LogP contribution in [0.5, 0.6) is 5.75 Å². The minimum absolute atomic E-state index is 0.00169. The van der Waals surface area contributed by atoms with Crippen LogP contribution in [0.2, 0.25) is 0 Å². The number of benzene rings is 2. The van der Waals surface area contributed by atoms with Crippen molar-refractivity contribution in [3.8, 4) is 17.0 Å². The fourth-order valence-electron chi connectivity index (χ4n) is 2.78. The van der Waals surface area contributed by atoms with E-state index in [2.05, 4.69) is 19.4 Å². The summed E-state index contributed by atoms with van der Waals surface area (Å²) in [5.74, 6) is -0.543. The molecule has 2 aromatic carbocycles. The smallest absolute Gasteiger partial charge is 0.406 e. The number of nitrogens with zero attached hydrogens (tertiary/aromatic N) is 1. The Morgan fingerprint density at radius 1 is 1.06 bits per heavy atom. The number of rotatable bonds is 5. The standard InChI is InChI=1S/C19H12F3N3O4S2/c20-19(21,22)29-12-5-7-13(8-6-12)31(27,28)25-18-24-16(10-30-18)14-9-11-3-1-2-4-15(11)23-17(14)26/h1-10H,(H,23,26)(H,24,25). The summed E-state index contributed by atoms with van der Waals surface area (Å²) < 4.78 is 67.7. The van der Waals surface area contributed by atoms with Crippen LogP contribution in [-0.2, 0) is 10.0 Å². The van der Waals surface area contributed by atoms with Gasteiger partial charge in [-0.15, -0.1) is 24.5 Å².